The van der Waals surface area contributed by atoms with Crippen molar-refractivity contribution in [2.45, 2.75) is 33.6 Å². The van der Waals surface area contributed by atoms with Crippen LogP contribution >= 0.6 is 0 Å². The minimum absolute atomic E-state index is 0.142. The van der Waals surface area contributed by atoms with Gasteiger partial charge in [0.25, 0.3) is 0 Å². The van der Waals surface area contributed by atoms with Crippen molar-refractivity contribution >= 4 is 17.6 Å². The van der Waals surface area contributed by atoms with E-state index in [1.807, 2.05) is 44.2 Å². The number of Topliss-reactive ketones (excluding diaryl/α,β-unsaturated/α-hetero) is 2. The van der Waals surface area contributed by atoms with Gasteiger partial charge in [-0.3, -0.25) is 9.59 Å². The Morgan fingerprint density at radius 2 is 1.67 bits per heavy atom. The molecule has 0 aliphatic carbocycles. The molecule has 0 radical (unpaired) electrons. The van der Waals surface area contributed by atoms with E-state index in [-0.39, 0.29) is 17.5 Å². The summed E-state index contributed by atoms with van der Waals surface area (Å²) in [5.74, 6) is -0.756. The van der Waals surface area contributed by atoms with Crippen LogP contribution in [0.5, 0.6) is 0 Å². The topological polar surface area (TPSA) is 34.1 Å². The highest BCUT2D eigenvalue weighted by molar-refractivity contribution is 6.44. The van der Waals surface area contributed by atoms with Crippen molar-refractivity contribution in [3.63, 3.8) is 0 Å². The molecule has 1 aromatic carbocycles. The van der Waals surface area contributed by atoms with Gasteiger partial charge in [0.05, 0.1) is 0 Å². The molecule has 2 nitrogen and oxygen atoms in total. The third-order valence-electron chi connectivity index (χ3n) is 3.12. The minimum atomic E-state index is -0.354. The molecule has 0 aliphatic rings. The lowest BCUT2D eigenvalue weighted by Gasteiger charge is -2.09. The van der Waals surface area contributed by atoms with Crippen LogP contribution in [-0.4, -0.2) is 11.6 Å². The summed E-state index contributed by atoms with van der Waals surface area (Å²) in [6, 6.07) is 9.57. The summed E-state index contributed by atoms with van der Waals surface area (Å²) in [4.78, 5) is 23.9. The molecule has 0 saturated carbocycles. The van der Waals surface area contributed by atoms with Gasteiger partial charge in [-0.1, -0.05) is 44.2 Å². The van der Waals surface area contributed by atoms with Gasteiger partial charge in [0.1, 0.15) is 0 Å². The second-order valence-electron chi connectivity index (χ2n) is 4.44. The van der Waals surface area contributed by atoms with Gasteiger partial charge in [-0.25, -0.2) is 0 Å². The van der Waals surface area contributed by atoms with Crippen LogP contribution in [0.15, 0.2) is 35.9 Å². The van der Waals surface area contributed by atoms with Crippen LogP contribution < -0.4 is 0 Å². The molecular formula is C16H20O2. The van der Waals surface area contributed by atoms with Gasteiger partial charge in [-0.2, -0.15) is 0 Å². The molecule has 18 heavy (non-hydrogen) atoms. The first-order valence-electron chi connectivity index (χ1n) is 6.42. The Bertz CT molecular complexity index is 439. The number of allylic oxidation sites excluding steroid dienone is 1. The number of rotatable bonds is 6. The Labute approximate surface area is 109 Å². The number of benzene rings is 1. The lowest BCUT2D eigenvalue weighted by molar-refractivity contribution is -0.136. The molecule has 0 amide bonds. The van der Waals surface area contributed by atoms with Gasteiger partial charge in [-0.15, -0.1) is 0 Å². The molecule has 2 heteroatoms. The quantitative estimate of drug-likeness (QED) is 0.565. The van der Waals surface area contributed by atoms with Crippen molar-refractivity contribution < 1.29 is 9.59 Å². The third kappa shape index (κ3) is 3.66. The van der Waals surface area contributed by atoms with E-state index >= 15 is 0 Å². The molecule has 0 bridgehead atoms. The van der Waals surface area contributed by atoms with Gasteiger partial charge >= 0.3 is 0 Å². The predicted octanol–water partition coefficient (Wildman–Crippen LogP) is 3.66. The van der Waals surface area contributed by atoms with Crippen LogP contribution in [0.25, 0.3) is 6.08 Å². The molecule has 1 rings (SSSR count). The monoisotopic (exact) mass is 244 g/mol. The molecule has 0 atom stereocenters. The Balaban J connectivity index is 2.84. The molecule has 0 unspecified atom stereocenters. The first-order valence-corrected chi connectivity index (χ1v) is 6.42. The molecule has 1 aromatic rings. The lowest BCUT2D eigenvalue weighted by atomic mass is 9.92. The number of carbonyl (C=O) groups excluding carboxylic acids is 2. The summed E-state index contributed by atoms with van der Waals surface area (Å²) in [5.41, 5.74) is 1.46. The maximum Gasteiger partial charge on any atom is 0.224 e. The number of hydrogen-bond donors (Lipinski definition) is 0. The van der Waals surface area contributed by atoms with Crippen LogP contribution in [0.4, 0.5) is 0 Å². The zero-order chi connectivity index (χ0) is 13.5. The van der Waals surface area contributed by atoms with Gasteiger partial charge in [0.2, 0.25) is 11.6 Å². The third-order valence-corrected chi connectivity index (χ3v) is 3.12. The second-order valence-corrected chi connectivity index (χ2v) is 4.44. The molecule has 0 fully saturated rings. The largest absolute Gasteiger partial charge is 0.290 e. The number of carbonyl (C=O) groups is 2. The number of ketones is 2. The molecule has 0 aromatic heterocycles. The van der Waals surface area contributed by atoms with Crippen molar-refractivity contribution in [2.24, 2.45) is 5.92 Å². The normalized spacial score (nSPS) is 11.7. The maximum absolute atomic E-state index is 12.0. The fraction of sp³-hybridized carbons (Fsp3) is 0.375. The van der Waals surface area contributed by atoms with Gasteiger partial charge in [0.15, 0.2) is 0 Å². The molecule has 0 spiro atoms. The van der Waals surface area contributed by atoms with Crippen LogP contribution in [0.2, 0.25) is 0 Å². The average Bonchev–Trinajstić information content (AvgIpc) is 2.40. The maximum atomic E-state index is 12.0. The lowest BCUT2D eigenvalue weighted by Crippen LogP contribution is -2.23. The highest BCUT2D eigenvalue weighted by Gasteiger charge is 2.22. The Morgan fingerprint density at radius 3 is 2.17 bits per heavy atom. The molecule has 0 aliphatic heterocycles. The van der Waals surface area contributed by atoms with Crippen molar-refractivity contribution in [2.75, 3.05) is 0 Å². The summed E-state index contributed by atoms with van der Waals surface area (Å²) < 4.78 is 0. The fourth-order valence-electron chi connectivity index (χ4n) is 1.90. The van der Waals surface area contributed by atoms with Crippen LogP contribution in [0.1, 0.15) is 39.2 Å². The first-order chi connectivity index (χ1) is 8.60. The van der Waals surface area contributed by atoms with Crippen LogP contribution in [0.3, 0.4) is 0 Å². The zero-order valence-corrected chi connectivity index (χ0v) is 11.3. The SMILES string of the molecule is CCC(CC)C(=O)C(=O)/C(C)=C/c1ccccc1. The van der Waals surface area contributed by atoms with Crippen molar-refractivity contribution in [3.05, 3.63) is 41.5 Å². The smallest absolute Gasteiger partial charge is 0.224 e. The highest BCUT2D eigenvalue weighted by atomic mass is 16.2. The zero-order valence-electron chi connectivity index (χ0n) is 11.3. The molecular weight excluding hydrogens is 224 g/mol. The van der Waals surface area contributed by atoms with Crippen LogP contribution in [-0.2, 0) is 9.59 Å². The minimum Gasteiger partial charge on any atom is -0.290 e. The Kier molecular flexibility index (Phi) is 5.50. The van der Waals surface area contributed by atoms with Crippen molar-refractivity contribution in [3.8, 4) is 0 Å². The van der Waals surface area contributed by atoms with Crippen molar-refractivity contribution in [1.29, 1.82) is 0 Å². The Morgan fingerprint density at radius 1 is 1.11 bits per heavy atom. The Hall–Kier alpha value is -1.70. The second kappa shape index (κ2) is 6.90. The van der Waals surface area contributed by atoms with Crippen LogP contribution in [0, 0.1) is 5.92 Å². The standard InChI is InChI=1S/C16H20O2/c1-4-14(5-2)16(18)15(17)12(3)11-13-9-7-6-8-10-13/h6-11,14H,4-5H2,1-3H3/b12-11+. The van der Waals surface area contributed by atoms with E-state index in [9.17, 15) is 9.59 Å². The average molecular weight is 244 g/mol. The van der Waals surface area contributed by atoms with Gasteiger partial charge in [-0.05, 0) is 31.4 Å². The van der Waals surface area contributed by atoms with Gasteiger partial charge in [0, 0.05) is 11.5 Å². The predicted molar refractivity (Wildman–Crippen MR) is 74.2 cm³/mol. The van der Waals surface area contributed by atoms with E-state index in [2.05, 4.69) is 0 Å². The van der Waals surface area contributed by atoms with E-state index in [0.717, 1.165) is 18.4 Å². The first kappa shape index (κ1) is 14.4. The van der Waals surface area contributed by atoms with E-state index in [1.165, 1.54) is 0 Å². The van der Waals surface area contributed by atoms with E-state index in [0.29, 0.717) is 5.57 Å². The summed E-state index contributed by atoms with van der Waals surface area (Å²) >= 11 is 0. The summed E-state index contributed by atoms with van der Waals surface area (Å²) in [6.07, 6.45) is 3.21. The fourth-order valence-corrected chi connectivity index (χ4v) is 1.90. The van der Waals surface area contributed by atoms with Crippen molar-refractivity contribution in [1.82, 2.24) is 0 Å². The van der Waals surface area contributed by atoms with E-state index in [1.54, 1.807) is 13.0 Å². The number of hydrogen-bond acceptors (Lipinski definition) is 2. The summed E-state index contributed by atoms with van der Waals surface area (Å²) in [6.45, 7) is 5.58. The highest BCUT2D eigenvalue weighted by Crippen LogP contribution is 2.14. The van der Waals surface area contributed by atoms with E-state index in [4.69, 9.17) is 0 Å². The molecule has 0 saturated heterocycles. The molecule has 0 heterocycles. The molecule has 96 valence electrons. The summed E-state index contributed by atoms with van der Waals surface area (Å²) in [7, 11) is 0. The molecule has 0 N–H and O–H groups in total. The summed E-state index contributed by atoms with van der Waals surface area (Å²) in [5, 5.41) is 0. The van der Waals surface area contributed by atoms with Gasteiger partial charge < -0.3 is 0 Å². The van der Waals surface area contributed by atoms with E-state index < -0.39 is 0 Å².